The SMILES string of the molecule is CC(C)(C)CC1CC(=O)N(c2ccc(C#N)cc2)C(=O)N1. The summed E-state index contributed by atoms with van der Waals surface area (Å²) in [7, 11) is 0. The van der Waals surface area contributed by atoms with E-state index in [1.807, 2.05) is 6.07 Å². The van der Waals surface area contributed by atoms with Gasteiger partial charge in [0.2, 0.25) is 5.91 Å². The van der Waals surface area contributed by atoms with Crippen molar-refractivity contribution in [3.05, 3.63) is 29.8 Å². The molecule has 1 fully saturated rings. The zero-order chi connectivity index (χ0) is 15.6. The van der Waals surface area contributed by atoms with Crippen LogP contribution in [0.2, 0.25) is 0 Å². The van der Waals surface area contributed by atoms with E-state index >= 15 is 0 Å². The van der Waals surface area contributed by atoms with E-state index < -0.39 is 6.03 Å². The van der Waals surface area contributed by atoms with Crippen LogP contribution in [0.1, 0.15) is 39.2 Å². The number of nitrogens with one attached hydrogen (secondary N) is 1. The Labute approximate surface area is 124 Å². The second kappa shape index (κ2) is 5.57. The van der Waals surface area contributed by atoms with Crippen molar-refractivity contribution < 1.29 is 9.59 Å². The molecule has 0 radical (unpaired) electrons. The first-order valence-electron chi connectivity index (χ1n) is 6.94. The third kappa shape index (κ3) is 3.60. The monoisotopic (exact) mass is 285 g/mol. The number of anilines is 1. The maximum atomic E-state index is 12.3. The molecule has 1 heterocycles. The third-order valence-corrected chi connectivity index (χ3v) is 3.31. The van der Waals surface area contributed by atoms with Crippen molar-refractivity contribution in [1.29, 1.82) is 5.26 Å². The number of carbonyl (C=O) groups is 2. The first-order valence-corrected chi connectivity index (χ1v) is 6.94. The summed E-state index contributed by atoms with van der Waals surface area (Å²) in [4.78, 5) is 25.6. The summed E-state index contributed by atoms with van der Waals surface area (Å²) in [5.74, 6) is -0.210. The van der Waals surface area contributed by atoms with E-state index in [4.69, 9.17) is 5.26 Å². The van der Waals surface area contributed by atoms with Crippen molar-refractivity contribution in [2.75, 3.05) is 4.90 Å². The minimum atomic E-state index is -0.398. The highest BCUT2D eigenvalue weighted by molar-refractivity contribution is 6.16. The fourth-order valence-electron chi connectivity index (χ4n) is 2.51. The van der Waals surface area contributed by atoms with Crippen LogP contribution in [0.3, 0.4) is 0 Å². The van der Waals surface area contributed by atoms with E-state index in [2.05, 4.69) is 26.1 Å². The molecule has 1 unspecified atom stereocenters. The average molecular weight is 285 g/mol. The summed E-state index contributed by atoms with van der Waals surface area (Å²) < 4.78 is 0. The van der Waals surface area contributed by atoms with Crippen LogP contribution in [0.5, 0.6) is 0 Å². The quantitative estimate of drug-likeness (QED) is 0.908. The maximum absolute atomic E-state index is 12.3. The van der Waals surface area contributed by atoms with Gasteiger partial charge in [0.25, 0.3) is 0 Å². The average Bonchev–Trinajstić information content (AvgIpc) is 2.36. The molecule has 0 spiro atoms. The largest absolute Gasteiger partial charge is 0.334 e. The van der Waals surface area contributed by atoms with Crippen molar-refractivity contribution in [3.8, 4) is 6.07 Å². The van der Waals surface area contributed by atoms with Crippen molar-refractivity contribution in [2.24, 2.45) is 5.41 Å². The van der Waals surface area contributed by atoms with E-state index in [-0.39, 0.29) is 17.4 Å². The molecule has 1 atom stereocenters. The lowest BCUT2D eigenvalue weighted by atomic mass is 9.86. The molecule has 0 aliphatic carbocycles. The Morgan fingerprint density at radius 2 is 1.90 bits per heavy atom. The van der Waals surface area contributed by atoms with Gasteiger partial charge in [-0.25, -0.2) is 9.69 Å². The maximum Gasteiger partial charge on any atom is 0.328 e. The van der Waals surface area contributed by atoms with E-state index in [0.29, 0.717) is 17.7 Å². The van der Waals surface area contributed by atoms with Crippen molar-refractivity contribution in [3.63, 3.8) is 0 Å². The Bertz CT molecular complexity index is 575. The van der Waals surface area contributed by atoms with E-state index in [0.717, 1.165) is 11.3 Å². The molecule has 0 saturated carbocycles. The van der Waals surface area contributed by atoms with Crippen LogP contribution < -0.4 is 10.2 Å². The number of amides is 3. The topological polar surface area (TPSA) is 73.2 Å². The summed E-state index contributed by atoms with van der Waals surface area (Å²) in [5, 5.41) is 11.7. The fourth-order valence-corrected chi connectivity index (χ4v) is 2.51. The van der Waals surface area contributed by atoms with Gasteiger partial charge in [-0.05, 0) is 36.1 Å². The number of carbonyl (C=O) groups excluding carboxylic acids is 2. The lowest BCUT2D eigenvalue weighted by molar-refractivity contribution is -0.119. The molecule has 1 aromatic rings. The number of urea groups is 1. The van der Waals surface area contributed by atoms with E-state index in [9.17, 15) is 9.59 Å². The Morgan fingerprint density at radius 1 is 1.29 bits per heavy atom. The zero-order valence-electron chi connectivity index (χ0n) is 12.5. The number of hydrogen-bond acceptors (Lipinski definition) is 3. The molecule has 3 amide bonds. The second-order valence-electron chi connectivity index (χ2n) is 6.50. The lowest BCUT2D eigenvalue weighted by Gasteiger charge is -2.34. The molecule has 0 bridgehead atoms. The number of nitrogens with zero attached hydrogens (tertiary/aromatic N) is 2. The summed E-state index contributed by atoms with van der Waals surface area (Å²) in [6.07, 6.45) is 1.05. The summed E-state index contributed by atoms with van der Waals surface area (Å²) >= 11 is 0. The molecule has 21 heavy (non-hydrogen) atoms. The van der Waals surface area contributed by atoms with Gasteiger partial charge in [0.15, 0.2) is 0 Å². The first kappa shape index (κ1) is 15.0. The molecule has 1 N–H and O–H groups in total. The normalized spacial score (nSPS) is 19.1. The molecule has 1 aliphatic rings. The molecular formula is C16H19N3O2. The highest BCUT2D eigenvalue weighted by Crippen LogP contribution is 2.26. The predicted molar refractivity (Wildman–Crippen MR) is 79.7 cm³/mol. The number of hydrogen-bond donors (Lipinski definition) is 1. The fraction of sp³-hybridized carbons (Fsp3) is 0.438. The van der Waals surface area contributed by atoms with Crippen LogP contribution in [-0.2, 0) is 4.79 Å². The van der Waals surface area contributed by atoms with Gasteiger partial charge in [-0.15, -0.1) is 0 Å². The highest BCUT2D eigenvalue weighted by atomic mass is 16.2. The summed E-state index contributed by atoms with van der Waals surface area (Å²) in [6, 6.07) is 7.90. The Hall–Kier alpha value is -2.35. The number of rotatable bonds is 2. The van der Waals surface area contributed by atoms with Crippen LogP contribution in [-0.4, -0.2) is 18.0 Å². The van der Waals surface area contributed by atoms with Crippen molar-refractivity contribution >= 4 is 17.6 Å². The molecule has 1 aliphatic heterocycles. The third-order valence-electron chi connectivity index (χ3n) is 3.31. The van der Waals surface area contributed by atoms with Gasteiger partial charge in [-0.2, -0.15) is 5.26 Å². The molecule has 1 aromatic carbocycles. The van der Waals surface area contributed by atoms with Crippen LogP contribution in [0.25, 0.3) is 0 Å². The van der Waals surface area contributed by atoms with Crippen molar-refractivity contribution in [1.82, 2.24) is 5.32 Å². The Kier molecular flexibility index (Phi) is 3.99. The minimum absolute atomic E-state index is 0.0504. The molecular weight excluding hydrogens is 266 g/mol. The van der Waals surface area contributed by atoms with Crippen LogP contribution >= 0.6 is 0 Å². The number of nitriles is 1. The minimum Gasteiger partial charge on any atom is -0.334 e. The van der Waals surface area contributed by atoms with Gasteiger partial charge in [0.1, 0.15) is 0 Å². The first-order chi connectivity index (χ1) is 9.80. The zero-order valence-corrected chi connectivity index (χ0v) is 12.5. The number of benzene rings is 1. The Morgan fingerprint density at radius 3 is 2.38 bits per heavy atom. The van der Waals surface area contributed by atoms with Crippen LogP contribution in [0.15, 0.2) is 24.3 Å². The highest BCUT2D eigenvalue weighted by Gasteiger charge is 2.34. The van der Waals surface area contributed by atoms with Crippen molar-refractivity contribution in [2.45, 2.75) is 39.7 Å². The van der Waals surface area contributed by atoms with Crippen LogP contribution in [0, 0.1) is 16.7 Å². The molecule has 0 aromatic heterocycles. The van der Waals surface area contributed by atoms with E-state index in [1.54, 1.807) is 24.3 Å². The van der Waals surface area contributed by atoms with Gasteiger partial charge < -0.3 is 5.32 Å². The van der Waals surface area contributed by atoms with Gasteiger partial charge >= 0.3 is 6.03 Å². The molecule has 5 heteroatoms. The summed E-state index contributed by atoms with van der Waals surface area (Å²) in [6.45, 7) is 6.24. The molecule has 5 nitrogen and oxygen atoms in total. The van der Waals surface area contributed by atoms with E-state index in [1.165, 1.54) is 0 Å². The molecule has 110 valence electrons. The lowest BCUT2D eigenvalue weighted by Crippen LogP contribution is -2.55. The molecule has 1 saturated heterocycles. The van der Waals surface area contributed by atoms with Gasteiger partial charge in [0.05, 0.1) is 17.3 Å². The molecule has 2 rings (SSSR count). The second-order valence-corrected chi connectivity index (χ2v) is 6.50. The Balaban J connectivity index is 2.15. The number of imide groups is 1. The van der Waals surface area contributed by atoms with Gasteiger partial charge in [-0.1, -0.05) is 20.8 Å². The van der Waals surface area contributed by atoms with Gasteiger partial charge in [0, 0.05) is 12.5 Å². The summed E-state index contributed by atoms with van der Waals surface area (Å²) in [5.41, 5.74) is 1.04. The predicted octanol–water partition coefficient (Wildman–Crippen LogP) is 2.81. The smallest absolute Gasteiger partial charge is 0.328 e. The van der Waals surface area contributed by atoms with Crippen LogP contribution in [0.4, 0.5) is 10.5 Å². The van der Waals surface area contributed by atoms with Gasteiger partial charge in [-0.3, -0.25) is 4.79 Å². The standard InChI is InChI=1S/C16H19N3O2/c1-16(2,3)9-12-8-14(20)19(15(21)18-12)13-6-4-11(10-17)5-7-13/h4-7,12H,8-9H2,1-3H3,(H,18,21).